The van der Waals surface area contributed by atoms with Crippen molar-refractivity contribution in [1.29, 1.82) is 0 Å². The summed E-state index contributed by atoms with van der Waals surface area (Å²) in [5.41, 5.74) is 5.12. The summed E-state index contributed by atoms with van der Waals surface area (Å²) in [5.74, 6) is 0. The lowest BCUT2D eigenvalue weighted by molar-refractivity contribution is 0.229. The molecule has 18 heavy (non-hydrogen) atoms. The van der Waals surface area contributed by atoms with Crippen LogP contribution in [0.5, 0.6) is 0 Å². The Hall–Kier alpha value is -1.93. The van der Waals surface area contributed by atoms with Gasteiger partial charge in [-0.25, -0.2) is 4.79 Å². The topological polar surface area (TPSA) is 113 Å². The van der Waals surface area contributed by atoms with Gasteiger partial charge in [0.05, 0.1) is 11.6 Å². The summed E-state index contributed by atoms with van der Waals surface area (Å²) in [6, 6.07) is 7.14. The van der Waals surface area contributed by atoms with Gasteiger partial charge in [-0.1, -0.05) is 18.2 Å². The molecule has 1 heterocycles. The summed E-state index contributed by atoms with van der Waals surface area (Å²) in [6.45, 7) is 0.312. The Bertz CT molecular complexity index is 646. The highest BCUT2D eigenvalue weighted by Crippen LogP contribution is 1.91. The van der Waals surface area contributed by atoms with E-state index < -0.39 is 16.1 Å². The second kappa shape index (κ2) is 5.61. The van der Waals surface area contributed by atoms with Crippen molar-refractivity contribution in [3.63, 3.8) is 0 Å². The first-order chi connectivity index (χ1) is 8.27. The molecule has 0 fully saturated rings. The van der Waals surface area contributed by atoms with Crippen molar-refractivity contribution in [3.05, 3.63) is 34.8 Å². The first kappa shape index (κ1) is 14.1. The van der Waals surface area contributed by atoms with E-state index in [1.807, 2.05) is 24.3 Å². The van der Waals surface area contributed by atoms with Gasteiger partial charge in [-0.2, -0.15) is 8.42 Å². The van der Waals surface area contributed by atoms with E-state index in [0.29, 0.717) is 12.9 Å². The molecule has 1 aliphatic rings. The van der Waals surface area contributed by atoms with Crippen molar-refractivity contribution in [2.24, 2.45) is 10.7 Å². The minimum atomic E-state index is -3.67. The SMILES string of the molecule is CS(=O)(=O)O.NC(=O)N1C=c2ccccc2=NC1. The fraction of sp³-hybridized carbons (Fsp3) is 0.200. The van der Waals surface area contributed by atoms with Gasteiger partial charge in [0.25, 0.3) is 10.1 Å². The molecule has 0 radical (unpaired) electrons. The molecule has 1 aliphatic heterocycles. The van der Waals surface area contributed by atoms with Gasteiger partial charge in [-0.3, -0.25) is 14.4 Å². The number of carbonyl (C=O) groups is 1. The van der Waals surface area contributed by atoms with Crippen LogP contribution in [0.4, 0.5) is 4.79 Å². The molecule has 0 aromatic heterocycles. The Morgan fingerprint density at radius 2 is 2.00 bits per heavy atom. The second-order valence-corrected chi connectivity index (χ2v) is 4.99. The van der Waals surface area contributed by atoms with Crippen molar-refractivity contribution >= 4 is 22.3 Å². The van der Waals surface area contributed by atoms with Crippen LogP contribution >= 0.6 is 0 Å². The Labute approximate surface area is 104 Å². The maximum absolute atomic E-state index is 10.8. The number of para-hydroxylation sites is 1. The molecule has 98 valence electrons. The Balaban J connectivity index is 0.000000280. The lowest BCUT2D eigenvalue weighted by Gasteiger charge is -2.15. The molecule has 0 spiro atoms. The van der Waals surface area contributed by atoms with Gasteiger partial charge in [0.15, 0.2) is 0 Å². The van der Waals surface area contributed by atoms with Crippen LogP contribution in [-0.2, 0) is 10.1 Å². The summed E-state index contributed by atoms with van der Waals surface area (Å²) in [5, 5.41) is 1.83. The third-order valence-corrected chi connectivity index (χ3v) is 1.91. The summed E-state index contributed by atoms with van der Waals surface area (Å²) in [7, 11) is -3.67. The van der Waals surface area contributed by atoms with E-state index in [-0.39, 0.29) is 0 Å². The van der Waals surface area contributed by atoms with E-state index in [4.69, 9.17) is 10.3 Å². The number of primary amides is 1. The summed E-state index contributed by atoms with van der Waals surface area (Å²) in [4.78, 5) is 16.4. The molecule has 3 N–H and O–H groups in total. The first-order valence-corrected chi connectivity index (χ1v) is 6.72. The number of benzene rings is 1. The number of urea groups is 1. The number of nitrogens with zero attached hydrogens (tertiary/aromatic N) is 2. The third kappa shape index (κ3) is 4.93. The van der Waals surface area contributed by atoms with Crippen LogP contribution in [0.3, 0.4) is 0 Å². The molecule has 1 aromatic carbocycles. The van der Waals surface area contributed by atoms with Gasteiger partial charge < -0.3 is 5.73 Å². The van der Waals surface area contributed by atoms with Crippen LogP contribution < -0.4 is 16.3 Å². The fourth-order valence-corrected chi connectivity index (χ4v) is 1.24. The highest BCUT2D eigenvalue weighted by atomic mass is 32.2. The molecule has 2 rings (SSSR count). The molecule has 0 saturated carbocycles. The Kier molecular flexibility index (Phi) is 4.40. The minimum Gasteiger partial charge on any atom is -0.351 e. The maximum atomic E-state index is 10.8. The van der Waals surface area contributed by atoms with Crippen molar-refractivity contribution in [2.45, 2.75) is 0 Å². The van der Waals surface area contributed by atoms with Gasteiger partial charge in [-0.15, -0.1) is 0 Å². The molecule has 1 aromatic rings. The zero-order valence-electron chi connectivity index (χ0n) is 9.65. The van der Waals surface area contributed by atoms with Crippen LogP contribution in [0.25, 0.3) is 6.20 Å². The van der Waals surface area contributed by atoms with Crippen LogP contribution in [0.2, 0.25) is 0 Å². The lowest BCUT2D eigenvalue weighted by Crippen LogP contribution is -2.40. The number of hydrogen-bond donors (Lipinski definition) is 2. The van der Waals surface area contributed by atoms with E-state index in [1.165, 1.54) is 4.90 Å². The largest absolute Gasteiger partial charge is 0.351 e. The van der Waals surface area contributed by atoms with Crippen molar-refractivity contribution in [3.8, 4) is 0 Å². The smallest absolute Gasteiger partial charge is 0.320 e. The molecule has 0 bridgehead atoms. The minimum absolute atomic E-state index is 0.312. The highest BCUT2D eigenvalue weighted by molar-refractivity contribution is 7.85. The number of nitrogens with two attached hydrogens (primary N) is 1. The average molecular weight is 271 g/mol. The molecule has 0 saturated heterocycles. The van der Waals surface area contributed by atoms with Crippen molar-refractivity contribution in [2.75, 3.05) is 12.9 Å². The van der Waals surface area contributed by atoms with Gasteiger partial charge in [-0.05, 0) is 6.07 Å². The maximum Gasteiger partial charge on any atom is 0.320 e. The lowest BCUT2D eigenvalue weighted by atomic mass is 10.3. The molecule has 0 aliphatic carbocycles. The van der Waals surface area contributed by atoms with E-state index in [9.17, 15) is 13.2 Å². The number of hydrogen-bond acceptors (Lipinski definition) is 4. The monoisotopic (exact) mass is 271 g/mol. The molecule has 2 amide bonds. The fourth-order valence-electron chi connectivity index (χ4n) is 1.24. The van der Waals surface area contributed by atoms with Crippen LogP contribution in [0.15, 0.2) is 29.3 Å². The van der Waals surface area contributed by atoms with E-state index in [1.54, 1.807) is 6.20 Å². The Morgan fingerprint density at radius 1 is 1.44 bits per heavy atom. The van der Waals surface area contributed by atoms with E-state index >= 15 is 0 Å². The summed E-state index contributed by atoms with van der Waals surface area (Å²) < 4.78 is 25.9. The zero-order chi connectivity index (χ0) is 13.8. The summed E-state index contributed by atoms with van der Waals surface area (Å²) >= 11 is 0. The molecule has 8 heteroatoms. The molecular formula is C10H13N3O4S. The third-order valence-electron chi connectivity index (χ3n) is 1.91. The Morgan fingerprint density at radius 3 is 2.56 bits per heavy atom. The van der Waals surface area contributed by atoms with Crippen LogP contribution in [0.1, 0.15) is 0 Å². The average Bonchev–Trinajstić information content (AvgIpc) is 2.26. The molecule has 0 atom stereocenters. The molecule has 0 unspecified atom stereocenters. The van der Waals surface area contributed by atoms with Gasteiger partial charge in [0.2, 0.25) is 0 Å². The number of carbonyl (C=O) groups excluding carboxylic acids is 1. The number of amides is 2. The number of rotatable bonds is 0. The van der Waals surface area contributed by atoms with Crippen molar-refractivity contribution < 1.29 is 17.8 Å². The molecular weight excluding hydrogens is 258 g/mol. The van der Waals surface area contributed by atoms with Crippen molar-refractivity contribution in [1.82, 2.24) is 4.90 Å². The van der Waals surface area contributed by atoms with Gasteiger partial charge >= 0.3 is 6.03 Å². The quantitative estimate of drug-likeness (QED) is 0.583. The van der Waals surface area contributed by atoms with E-state index in [2.05, 4.69) is 4.99 Å². The standard InChI is InChI=1S/C9H9N3O.CH4O3S/c10-9(13)12-5-7-3-1-2-4-8(7)11-6-12;1-5(2,3)4/h1-5H,6H2,(H2,10,13);1H3,(H,2,3,4). The first-order valence-electron chi connectivity index (χ1n) is 4.87. The summed E-state index contributed by atoms with van der Waals surface area (Å²) in [6.07, 6.45) is 2.43. The van der Waals surface area contributed by atoms with Crippen LogP contribution in [0, 0.1) is 0 Å². The number of fused-ring (bicyclic) bond motifs is 1. The zero-order valence-corrected chi connectivity index (χ0v) is 10.5. The predicted molar refractivity (Wildman–Crippen MR) is 65.5 cm³/mol. The molecule has 7 nitrogen and oxygen atoms in total. The highest BCUT2D eigenvalue weighted by Gasteiger charge is 2.07. The normalized spacial score (nSPS) is 13.3. The van der Waals surface area contributed by atoms with Gasteiger partial charge in [0, 0.05) is 11.4 Å². The van der Waals surface area contributed by atoms with Gasteiger partial charge in [0.1, 0.15) is 6.67 Å². The second-order valence-electron chi connectivity index (χ2n) is 3.53. The van der Waals surface area contributed by atoms with Crippen LogP contribution in [-0.4, -0.2) is 36.8 Å². The predicted octanol–water partition coefficient (Wildman–Crippen LogP) is -1.10. The van der Waals surface area contributed by atoms with E-state index in [0.717, 1.165) is 10.6 Å².